The topological polar surface area (TPSA) is 110 Å². The average Bonchev–Trinajstić information content (AvgIpc) is 3.10. The van der Waals surface area contributed by atoms with Crippen LogP contribution in [0.1, 0.15) is 37.6 Å². The fraction of sp³-hybridized carbons (Fsp3) is 0.333. The van der Waals surface area contributed by atoms with Crippen molar-refractivity contribution in [3.63, 3.8) is 0 Å². The fourth-order valence-corrected chi connectivity index (χ4v) is 4.21. The number of aromatic nitrogens is 5. The lowest BCUT2D eigenvalue weighted by molar-refractivity contribution is 0.0738. The van der Waals surface area contributed by atoms with Crippen LogP contribution >= 0.6 is 0 Å². The number of rotatable bonds is 5. The second-order valence-electron chi connectivity index (χ2n) is 8.86. The largest absolute Gasteiger partial charge is 0.384 e. The number of benzene rings is 1. The molecule has 0 unspecified atom stereocenters. The monoisotopic (exact) mass is 463 g/mol. The molecule has 4 aromatic rings. The van der Waals surface area contributed by atoms with E-state index in [1.807, 2.05) is 6.92 Å². The minimum Gasteiger partial charge on any atom is -0.384 e. The van der Waals surface area contributed by atoms with Crippen LogP contribution in [0.2, 0.25) is 0 Å². The van der Waals surface area contributed by atoms with Gasteiger partial charge in [0.05, 0.1) is 11.4 Å². The summed E-state index contributed by atoms with van der Waals surface area (Å²) in [5.74, 6) is 0.209. The Morgan fingerprint density at radius 3 is 2.82 bits per heavy atom. The molecule has 5 rings (SSSR count). The van der Waals surface area contributed by atoms with E-state index < -0.39 is 11.4 Å². The van der Waals surface area contributed by atoms with E-state index >= 15 is 0 Å². The van der Waals surface area contributed by atoms with Gasteiger partial charge < -0.3 is 15.7 Å². The molecule has 4 heterocycles. The molecule has 0 saturated carbocycles. The molecule has 1 aromatic carbocycles. The van der Waals surface area contributed by atoms with Crippen LogP contribution in [-0.2, 0) is 25.1 Å². The summed E-state index contributed by atoms with van der Waals surface area (Å²) in [6, 6.07) is 8.55. The summed E-state index contributed by atoms with van der Waals surface area (Å²) in [4.78, 5) is 26.4. The number of nitrogens with zero attached hydrogens (tertiary/aromatic N) is 5. The van der Waals surface area contributed by atoms with Crippen LogP contribution < -0.4 is 16.2 Å². The van der Waals surface area contributed by atoms with Gasteiger partial charge in [-0.05, 0) is 69.1 Å². The zero-order chi connectivity index (χ0) is 24.0. The van der Waals surface area contributed by atoms with E-state index in [1.165, 1.54) is 16.9 Å². The van der Waals surface area contributed by atoms with Crippen LogP contribution in [0.25, 0.3) is 16.9 Å². The maximum atomic E-state index is 14.8. The Balaban J connectivity index is 1.62. The summed E-state index contributed by atoms with van der Waals surface area (Å²) in [6.45, 7) is 7.00. The number of fused-ring (bicyclic) bond motifs is 2. The lowest BCUT2D eigenvalue weighted by atomic mass is 10.00. The van der Waals surface area contributed by atoms with Crippen molar-refractivity contribution in [2.24, 2.45) is 0 Å². The standard InChI is InChI=1S/C24H26FN7O2/c1-4-31-22(33)16-13-27-23(28-18-11-14-8-9-26-12-15(14)10-17(18)25)30-21(16)32(31)20-7-5-6-19(29-20)24(2,3)34/h5-7,10-11,13,26,34H,4,8-9,12H2,1-3H3,(H,27,28,30). The molecular weight excluding hydrogens is 437 g/mol. The number of nitrogens with one attached hydrogen (secondary N) is 2. The highest BCUT2D eigenvalue weighted by Crippen LogP contribution is 2.26. The average molecular weight is 464 g/mol. The van der Waals surface area contributed by atoms with Crippen LogP contribution in [0.4, 0.5) is 16.0 Å². The van der Waals surface area contributed by atoms with Crippen molar-refractivity contribution in [1.29, 1.82) is 0 Å². The molecule has 0 amide bonds. The van der Waals surface area contributed by atoms with Gasteiger partial charge in [-0.3, -0.25) is 4.79 Å². The Morgan fingerprint density at radius 2 is 2.06 bits per heavy atom. The van der Waals surface area contributed by atoms with E-state index in [-0.39, 0.29) is 17.2 Å². The molecule has 10 heteroatoms. The quantitative estimate of drug-likeness (QED) is 0.417. The van der Waals surface area contributed by atoms with Crippen molar-refractivity contribution in [2.45, 2.75) is 45.9 Å². The molecule has 0 radical (unpaired) electrons. The highest BCUT2D eigenvalue weighted by atomic mass is 19.1. The van der Waals surface area contributed by atoms with Crippen molar-refractivity contribution in [2.75, 3.05) is 11.9 Å². The van der Waals surface area contributed by atoms with E-state index in [4.69, 9.17) is 0 Å². The van der Waals surface area contributed by atoms with Gasteiger partial charge in [-0.15, -0.1) is 0 Å². The first-order valence-electron chi connectivity index (χ1n) is 11.2. The number of halogens is 1. The molecule has 0 saturated heterocycles. The third-order valence-corrected chi connectivity index (χ3v) is 5.98. The SMILES string of the molecule is CCn1c(=O)c2cnc(Nc3cc4c(cc3F)CNCC4)nc2n1-c1cccc(C(C)(C)O)n1. The molecule has 0 spiro atoms. The smallest absolute Gasteiger partial charge is 0.278 e. The second-order valence-corrected chi connectivity index (χ2v) is 8.86. The summed E-state index contributed by atoms with van der Waals surface area (Å²) >= 11 is 0. The number of pyridine rings is 1. The van der Waals surface area contributed by atoms with Crippen LogP contribution in [0.3, 0.4) is 0 Å². The lowest BCUT2D eigenvalue weighted by Gasteiger charge is -2.19. The van der Waals surface area contributed by atoms with Gasteiger partial charge >= 0.3 is 0 Å². The molecular formula is C24H26FN7O2. The van der Waals surface area contributed by atoms with Gasteiger partial charge in [-0.25, -0.2) is 23.7 Å². The minimum atomic E-state index is -1.16. The van der Waals surface area contributed by atoms with Crippen LogP contribution in [0.5, 0.6) is 0 Å². The summed E-state index contributed by atoms with van der Waals surface area (Å²) in [7, 11) is 0. The Kier molecular flexibility index (Phi) is 5.41. The van der Waals surface area contributed by atoms with Crippen LogP contribution in [0, 0.1) is 5.82 Å². The van der Waals surface area contributed by atoms with Gasteiger partial charge in [-0.2, -0.15) is 4.98 Å². The van der Waals surface area contributed by atoms with E-state index in [9.17, 15) is 14.3 Å². The molecule has 0 atom stereocenters. The summed E-state index contributed by atoms with van der Waals surface area (Å²) in [6.07, 6.45) is 2.25. The van der Waals surface area contributed by atoms with Gasteiger partial charge in [0.25, 0.3) is 5.56 Å². The maximum absolute atomic E-state index is 14.8. The Bertz CT molecular complexity index is 1450. The fourth-order valence-electron chi connectivity index (χ4n) is 4.21. The first-order chi connectivity index (χ1) is 16.3. The Morgan fingerprint density at radius 1 is 1.24 bits per heavy atom. The minimum absolute atomic E-state index is 0.168. The first kappa shape index (κ1) is 22.2. The molecule has 34 heavy (non-hydrogen) atoms. The van der Waals surface area contributed by atoms with Gasteiger partial charge in [0.15, 0.2) is 11.5 Å². The van der Waals surface area contributed by atoms with E-state index in [1.54, 1.807) is 42.8 Å². The molecule has 9 nitrogen and oxygen atoms in total. The predicted octanol–water partition coefficient (Wildman–Crippen LogP) is 2.75. The maximum Gasteiger partial charge on any atom is 0.278 e. The second kappa shape index (κ2) is 8.30. The zero-order valence-corrected chi connectivity index (χ0v) is 19.3. The lowest BCUT2D eigenvalue weighted by Crippen LogP contribution is -2.24. The molecule has 1 aliphatic heterocycles. The highest BCUT2D eigenvalue weighted by molar-refractivity contribution is 5.77. The number of hydrogen-bond acceptors (Lipinski definition) is 7. The third-order valence-electron chi connectivity index (χ3n) is 5.98. The summed E-state index contributed by atoms with van der Waals surface area (Å²) in [5.41, 5.74) is 1.69. The normalized spacial score (nSPS) is 13.8. The van der Waals surface area contributed by atoms with Gasteiger partial charge in [0.1, 0.15) is 16.8 Å². The van der Waals surface area contributed by atoms with Gasteiger partial charge in [0, 0.05) is 19.3 Å². The first-order valence-corrected chi connectivity index (χ1v) is 11.2. The Labute approximate surface area is 195 Å². The summed E-state index contributed by atoms with van der Waals surface area (Å²) in [5, 5.41) is 16.9. The molecule has 1 aliphatic rings. The molecule has 0 bridgehead atoms. The highest BCUT2D eigenvalue weighted by Gasteiger charge is 2.22. The number of hydrogen-bond donors (Lipinski definition) is 3. The van der Waals surface area contributed by atoms with Crippen LogP contribution in [-0.4, -0.2) is 36.0 Å². The van der Waals surface area contributed by atoms with E-state index in [0.29, 0.717) is 35.6 Å². The van der Waals surface area contributed by atoms with Crippen molar-refractivity contribution in [3.8, 4) is 5.82 Å². The van der Waals surface area contributed by atoms with Crippen molar-refractivity contribution < 1.29 is 9.50 Å². The number of aliphatic hydroxyl groups is 1. The van der Waals surface area contributed by atoms with Crippen molar-refractivity contribution in [3.05, 3.63) is 69.5 Å². The molecule has 3 aromatic heterocycles. The third kappa shape index (κ3) is 3.84. The van der Waals surface area contributed by atoms with Crippen LogP contribution in [0.15, 0.2) is 41.3 Å². The zero-order valence-electron chi connectivity index (χ0n) is 19.3. The van der Waals surface area contributed by atoms with Gasteiger partial charge in [-0.1, -0.05) is 6.07 Å². The summed E-state index contributed by atoms with van der Waals surface area (Å²) < 4.78 is 17.9. The van der Waals surface area contributed by atoms with E-state index in [0.717, 1.165) is 24.1 Å². The number of anilines is 2. The van der Waals surface area contributed by atoms with Gasteiger partial charge in [0.2, 0.25) is 5.95 Å². The molecule has 176 valence electrons. The van der Waals surface area contributed by atoms with E-state index in [2.05, 4.69) is 25.6 Å². The predicted molar refractivity (Wildman–Crippen MR) is 127 cm³/mol. The van der Waals surface area contributed by atoms with Crippen molar-refractivity contribution >= 4 is 22.7 Å². The Hall–Kier alpha value is -3.63. The molecule has 0 fully saturated rings. The molecule has 0 aliphatic carbocycles. The molecule has 3 N–H and O–H groups in total. The van der Waals surface area contributed by atoms with Crippen molar-refractivity contribution in [1.82, 2.24) is 29.6 Å².